The minimum atomic E-state index is 0.0908. The summed E-state index contributed by atoms with van der Waals surface area (Å²) in [5.41, 5.74) is 7.13. The molecule has 0 aliphatic carbocycles. The Kier molecular flexibility index (Phi) is 5.55. The van der Waals surface area contributed by atoms with Gasteiger partial charge in [0.25, 0.3) is 5.95 Å². The summed E-state index contributed by atoms with van der Waals surface area (Å²) in [5.74, 6) is 1.20. The van der Waals surface area contributed by atoms with Crippen molar-refractivity contribution in [1.82, 2.24) is 20.3 Å². The van der Waals surface area contributed by atoms with Gasteiger partial charge in [-0.2, -0.15) is 5.10 Å². The van der Waals surface area contributed by atoms with E-state index in [0.717, 1.165) is 15.9 Å². The second kappa shape index (κ2) is 8.03. The van der Waals surface area contributed by atoms with Gasteiger partial charge in [-0.05, 0) is 46.3 Å². The third-order valence-corrected chi connectivity index (χ3v) is 3.97. The fourth-order valence-corrected chi connectivity index (χ4v) is 2.53. The monoisotopic (exact) mass is 392 g/mol. The van der Waals surface area contributed by atoms with E-state index in [2.05, 4.69) is 20.6 Å². The maximum absolute atomic E-state index is 6.16. The van der Waals surface area contributed by atoms with Crippen LogP contribution in [0, 0.1) is 0 Å². The Morgan fingerprint density at radius 2 is 2.04 bits per heavy atom. The summed E-state index contributed by atoms with van der Waals surface area (Å²) >= 11 is 12.1. The standard InChI is InChI=1S/C16H14Cl2N6O2/c1-25-15-6-10(8-20-24-16(19)21-22-23-24)2-5-14(15)26-9-11-3-4-12(17)7-13(11)18/h2-8H,9H2,1H3,(H2,19,21,23)/b20-8+. The summed E-state index contributed by atoms with van der Waals surface area (Å²) in [7, 11) is 1.55. The number of ether oxygens (including phenoxy) is 2. The lowest BCUT2D eigenvalue weighted by atomic mass is 10.2. The summed E-state index contributed by atoms with van der Waals surface area (Å²) in [5, 5.41) is 15.7. The Bertz CT molecular complexity index is 944. The van der Waals surface area contributed by atoms with Gasteiger partial charge < -0.3 is 15.2 Å². The van der Waals surface area contributed by atoms with Crippen LogP contribution in [-0.4, -0.2) is 33.6 Å². The zero-order chi connectivity index (χ0) is 18.5. The fraction of sp³-hybridized carbons (Fsp3) is 0.125. The molecule has 3 aromatic rings. The van der Waals surface area contributed by atoms with Crippen molar-refractivity contribution in [3.8, 4) is 11.5 Å². The zero-order valence-corrected chi connectivity index (χ0v) is 15.1. The Morgan fingerprint density at radius 3 is 2.73 bits per heavy atom. The molecule has 26 heavy (non-hydrogen) atoms. The third-order valence-electron chi connectivity index (χ3n) is 3.38. The van der Waals surface area contributed by atoms with Crippen LogP contribution < -0.4 is 15.2 Å². The minimum Gasteiger partial charge on any atom is -0.493 e. The molecule has 2 aromatic carbocycles. The summed E-state index contributed by atoms with van der Waals surface area (Å²) in [6, 6.07) is 10.6. The molecule has 1 heterocycles. The summed E-state index contributed by atoms with van der Waals surface area (Å²) < 4.78 is 11.2. The van der Waals surface area contributed by atoms with Crippen LogP contribution in [0.15, 0.2) is 41.5 Å². The van der Waals surface area contributed by atoms with Crippen molar-refractivity contribution in [2.24, 2.45) is 5.10 Å². The molecule has 0 spiro atoms. The number of tetrazole rings is 1. The minimum absolute atomic E-state index is 0.0908. The molecule has 0 bridgehead atoms. The van der Waals surface area contributed by atoms with Crippen LogP contribution >= 0.6 is 23.2 Å². The number of hydrogen-bond donors (Lipinski definition) is 1. The van der Waals surface area contributed by atoms with E-state index in [1.54, 1.807) is 37.6 Å². The molecule has 0 unspecified atom stereocenters. The number of benzene rings is 2. The van der Waals surface area contributed by atoms with Crippen LogP contribution in [0.2, 0.25) is 10.0 Å². The van der Waals surface area contributed by atoms with Crippen LogP contribution in [-0.2, 0) is 6.61 Å². The van der Waals surface area contributed by atoms with Gasteiger partial charge in [0, 0.05) is 15.6 Å². The van der Waals surface area contributed by atoms with E-state index in [9.17, 15) is 0 Å². The summed E-state index contributed by atoms with van der Waals surface area (Å²) in [6.45, 7) is 0.279. The second-order valence-electron chi connectivity index (χ2n) is 5.11. The zero-order valence-electron chi connectivity index (χ0n) is 13.6. The van der Waals surface area contributed by atoms with E-state index in [1.165, 1.54) is 0 Å². The van der Waals surface area contributed by atoms with Gasteiger partial charge in [-0.15, -0.1) is 0 Å². The van der Waals surface area contributed by atoms with Crippen LogP contribution in [0.3, 0.4) is 0 Å². The van der Waals surface area contributed by atoms with Crippen molar-refractivity contribution in [1.29, 1.82) is 0 Å². The fourth-order valence-electron chi connectivity index (χ4n) is 2.07. The number of anilines is 1. The average molecular weight is 393 g/mol. The number of rotatable bonds is 6. The first-order valence-corrected chi connectivity index (χ1v) is 8.15. The topological polar surface area (TPSA) is 100 Å². The lowest BCUT2D eigenvalue weighted by molar-refractivity contribution is 0.284. The first-order valence-electron chi connectivity index (χ1n) is 7.40. The quantitative estimate of drug-likeness (QED) is 0.646. The molecule has 1 aromatic heterocycles. The number of nitrogen functional groups attached to an aromatic ring is 1. The Labute approximate surface area is 159 Å². The third kappa shape index (κ3) is 4.22. The van der Waals surface area contributed by atoms with E-state index >= 15 is 0 Å². The Morgan fingerprint density at radius 1 is 1.19 bits per heavy atom. The number of aromatic nitrogens is 4. The van der Waals surface area contributed by atoms with Crippen LogP contribution in [0.5, 0.6) is 11.5 Å². The van der Waals surface area contributed by atoms with Crippen molar-refractivity contribution in [3.05, 3.63) is 57.6 Å². The molecule has 2 N–H and O–H groups in total. The number of halogens is 2. The summed E-state index contributed by atoms with van der Waals surface area (Å²) in [6.07, 6.45) is 1.55. The molecule has 3 rings (SSSR count). The van der Waals surface area contributed by atoms with Gasteiger partial charge >= 0.3 is 0 Å². The van der Waals surface area contributed by atoms with Gasteiger partial charge in [0.15, 0.2) is 11.5 Å². The van der Waals surface area contributed by atoms with Crippen molar-refractivity contribution in [3.63, 3.8) is 0 Å². The van der Waals surface area contributed by atoms with Crippen LogP contribution in [0.25, 0.3) is 0 Å². The molecule has 0 atom stereocenters. The Balaban J connectivity index is 1.74. The maximum atomic E-state index is 6.16. The van der Waals surface area contributed by atoms with Crippen molar-refractivity contribution in [2.75, 3.05) is 12.8 Å². The largest absolute Gasteiger partial charge is 0.493 e. The first kappa shape index (κ1) is 18.0. The number of nitrogens with zero attached hydrogens (tertiary/aromatic N) is 5. The maximum Gasteiger partial charge on any atom is 0.263 e. The molecule has 134 valence electrons. The number of methoxy groups -OCH3 is 1. The first-order chi connectivity index (χ1) is 12.6. The van der Waals surface area contributed by atoms with E-state index in [-0.39, 0.29) is 12.6 Å². The molecule has 0 saturated heterocycles. The highest BCUT2D eigenvalue weighted by molar-refractivity contribution is 6.35. The molecule has 0 fully saturated rings. The number of nitrogens with two attached hydrogens (primary N) is 1. The van der Waals surface area contributed by atoms with Crippen molar-refractivity contribution in [2.45, 2.75) is 6.61 Å². The molecule has 0 aliphatic rings. The molecule has 0 saturated carbocycles. The molecular weight excluding hydrogens is 379 g/mol. The van der Waals surface area contributed by atoms with E-state index < -0.39 is 0 Å². The lowest BCUT2D eigenvalue weighted by Crippen LogP contribution is -2.01. The lowest BCUT2D eigenvalue weighted by Gasteiger charge is -2.12. The second-order valence-corrected chi connectivity index (χ2v) is 5.95. The highest BCUT2D eigenvalue weighted by Crippen LogP contribution is 2.29. The number of hydrogen-bond acceptors (Lipinski definition) is 7. The summed E-state index contributed by atoms with van der Waals surface area (Å²) in [4.78, 5) is 1.11. The highest BCUT2D eigenvalue weighted by atomic mass is 35.5. The Hall–Kier alpha value is -2.84. The average Bonchev–Trinajstić information content (AvgIpc) is 3.04. The van der Waals surface area contributed by atoms with Gasteiger partial charge in [-0.3, -0.25) is 0 Å². The smallest absolute Gasteiger partial charge is 0.263 e. The van der Waals surface area contributed by atoms with Gasteiger partial charge in [-0.1, -0.05) is 39.2 Å². The van der Waals surface area contributed by atoms with Crippen molar-refractivity contribution >= 4 is 35.4 Å². The van der Waals surface area contributed by atoms with Crippen LogP contribution in [0.4, 0.5) is 5.95 Å². The highest BCUT2D eigenvalue weighted by Gasteiger charge is 2.08. The molecule has 0 radical (unpaired) electrons. The molecule has 0 aliphatic heterocycles. The van der Waals surface area contributed by atoms with Gasteiger partial charge in [0.05, 0.1) is 13.3 Å². The molecule has 0 amide bonds. The van der Waals surface area contributed by atoms with Gasteiger partial charge in [0.1, 0.15) is 6.61 Å². The SMILES string of the molecule is COc1cc(/C=N/n2nnnc2N)ccc1OCc1ccc(Cl)cc1Cl. The van der Waals surface area contributed by atoms with E-state index in [1.807, 2.05) is 12.1 Å². The molecule has 8 nitrogen and oxygen atoms in total. The van der Waals surface area contributed by atoms with Crippen LogP contribution in [0.1, 0.15) is 11.1 Å². The molecule has 10 heteroatoms. The normalized spacial score (nSPS) is 11.0. The predicted molar refractivity (Wildman–Crippen MR) is 99.0 cm³/mol. The predicted octanol–water partition coefficient (Wildman–Crippen LogP) is 3.03. The van der Waals surface area contributed by atoms with E-state index in [4.69, 9.17) is 38.4 Å². The molecular formula is C16H14Cl2N6O2. The van der Waals surface area contributed by atoms with Gasteiger partial charge in [0.2, 0.25) is 0 Å². The van der Waals surface area contributed by atoms with Gasteiger partial charge in [-0.25, -0.2) is 0 Å². The van der Waals surface area contributed by atoms with E-state index in [0.29, 0.717) is 21.5 Å². The van der Waals surface area contributed by atoms with Crippen molar-refractivity contribution < 1.29 is 9.47 Å².